The van der Waals surface area contributed by atoms with Crippen molar-refractivity contribution in [2.75, 3.05) is 24.6 Å². The van der Waals surface area contributed by atoms with E-state index in [2.05, 4.69) is 9.97 Å². The quantitative estimate of drug-likeness (QED) is 0.709. The minimum Gasteiger partial charge on any atom is -0.377 e. The molecule has 1 aliphatic rings. The highest BCUT2D eigenvalue weighted by Crippen LogP contribution is 2.19. The summed E-state index contributed by atoms with van der Waals surface area (Å²) in [4.78, 5) is 9.37. The lowest BCUT2D eigenvalue weighted by Gasteiger charge is -2.23. The Morgan fingerprint density at radius 2 is 2.44 bits per heavy atom. The van der Waals surface area contributed by atoms with Gasteiger partial charge in [-0.3, -0.25) is 0 Å². The van der Waals surface area contributed by atoms with Crippen molar-refractivity contribution in [3.63, 3.8) is 0 Å². The van der Waals surface area contributed by atoms with E-state index in [4.69, 9.17) is 16.3 Å². The molecule has 0 saturated carbocycles. The van der Waals surface area contributed by atoms with Gasteiger partial charge in [-0.1, -0.05) is 0 Å². The molecule has 0 amide bonds. The average molecular weight is 246 g/mol. The zero-order chi connectivity index (χ0) is 11.5. The first-order valence-electron chi connectivity index (χ1n) is 5.21. The average Bonchev–Trinajstić information content (AvgIpc) is 2.46. The first-order valence-corrected chi connectivity index (χ1v) is 5.59. The summed E-state index contributed by atoms with van der Waals surface area (Å²) in [6.07, 6.45) is 2.02. The van der Waals surface area contributed by atoms with Crippen LogP contribution in [0.4, 0.5) is 10.2 Å². The summed E-state index contributed by atoms with van der Waals surface area (Å²) in [5, 5.41) is 0.0641. The second kappa shape index (κ2) is 4.93. The van der Waals surface area contributed by atoms with Crippen molar-refractivity contribution in [3.8, 4) is 0 Å². The van der Waals surface area contributed by atoms with Crippen LogP contribution in [-0.2, 0) is 4.74 Å². The molecule has 1 unspecified atom stereocenters. The molecule has 1 atom stereocenters. The molecule has 0 N–H and O–H groups in total. The van der Waals surface area contributed by atoms with Gasteiger partial charge in [0.05, 0.1) is 12.3 Å². The zero-order valence-electron chi connectivity index (χ0n) is 8.99. The predicted octanol–water partition coefficient (Wildman–Crippen LogP) is 1.88. The van der Waals surface area contributed by atoms with Gasteiger partial charge in [-0.25, -0.2) is 9.37 Å². The van der Waals surface area contributed by atoms with Crippen LogP contribution in [0.5, 0.6) is 0 Å². The number of halogens is 2. The fraction of sp³-hybridized carbons (Fsp3) is 0.600. The third-order valence-corrected chi connectivity index (χ3v) is 2.63. The molecular formula is C10H13ClFN3O. The van der Waals surface area contributed by atoms with E-state index < -0.39 is 5.82 Å². The van der Waals surface area contributed by atoms with Crippen LogP contribution in [0.15, 0.2) is 6.20 Å². The Labute approximate surface area is 98.4 Å². The summed E-state index contributed by atoms with van der Waals surface area (Å²) < 4.78 is 19.0. The maximum Gasteiger partial charge on any atom is 0.224 e. The molecule has 0 radical (unpaired) electrons. The van der Waals surface area contributed by atoms with Crippen LogP contribution in [-0.4, -0.2) is 35.8 Å². The molecule has 1 saturated heterocycles. The lowest BCUT2D eigenvalue weighted by atomic mass is 10.3. The monoisotopic (exact) mass is 245 g/mol. The molecule has 16 heavy (non-hydrogen) atoms. The van der Waals surface area contributed by atoms with Crippen LogP contribution in [0.2, 0.25) is 5.28 Å². The summed E-state index contributed by atoms with van der Waals surface area (Å²) >= 11 is 5.67. The van der Waals surface area contributed by atoms with Crippen LogP contribution in [0.3, 0.4) is 0 Å². The second-order valence-corrected chi connectivity index (χ2v) is 4.13. The number of ether oxygens (including phenoxy) is 1. The number of rotatable bonds is 1. The highest BCUT2D eigenvalue weighted by molar-refractivity contribution is 6.28. The van der Waals surface area contributed by atoms with E-state index in [0.717, 1.165) is 12.6 Å². The Bertz CT molecular complexity index is 377. The molecule has 0 aliphatic carbocycles. The topological polar surface area (TPSA) is 38.2 Å². The standard InChI is InChI=1S/C10H13ClFN3O/c1-7-6-15(3-2-4-16-7)9-8(12)5-13-10(11)14-9/h5,7H,2-4,6H2,1H3. The van der Waals surface area contributed by atoms with Crippen molar-refractivity contribution < 1.29 is 9.13 Å². The number of aromatic nitrogens is 2. The minimum absolute atomic E-state index is 0.0641. The number of nitrogens with zero attached hydrogens (tertiary/aromatic N) is 3. The van der Waals surface area contributed by atoms with Crippen LogP contribution >= 0.6 is 11.6 Å². The highest BCUT2D eigenvalue weighted by atomic mass is 35.5. The van der Waals surface area contributed by atoms with Gasteiger partial charge in [0, 0.05) is 19.7 Å². The molecule has 1 fully saturated rings. The predicted molar refractivity (Wildman–Crippen MR) is 59.2 cm³/mol. The molecule has 1 aliphatic heterocycles. The fourth-order valence-corrected chi connectivity index (χ4v) is 1.87. The smallest absolute Gasteiger partial charge is 0.224 e. The maximum absolute atomic E-state index is 13.5. The van der Waals surface area contributed by atoms with Crippen LogP contribution in [0.25, 0.3) is 0 Å². The Kier molecular flexibility index (Phi) is 3.56. The third kappa shape index (κ3) is 2.59. The number of anilines is 1. The van der Waals surface area contributed by atoms with Gasteiger partial charge in [-0.2, -0.15) is 4.98 Å². The van der Waals surface area contributed by atoms with Crippen LogP contribution in [0, 0.1) is 5.82 Å². The first kappa shape index (κ1) is 11.5. The van der Waals surface area contributed by atoms with Crippen molar-refractivity contribution in [2.45, 2.75) is 19.4 Å². The summed E-state index contributed by atoms with van der Waals surface area (Å²) in [6, 6.07) is 0. The zero-order valence-corrected chi connectivity index (χ0v) is 9.74. The van der Waals surface area contributed by atoms with Crippen molar-refractivity contribution in [2.24, 2.45) is 0 Å². The molecule has 1 aromatic rings. The van der Waals surface area contributed by atoms with Crippen LogP contribution in [0.1, 0.15) is 13.3 Å². The molecule has 4 nitrogen and oxygen atoms in total. The number of hydrogen-bond acceptors (Lipinski definition) is 4. The molecule has 0 aromatic carbocycles. The Hall–Kier alpha value is -0.940. The molecule has 0 spiro atoms. The largest absolute Gasteiger partial charge is 0.377 e. The minimum atomic E-state index is -0.446. The highest BCUT2D eigenvalue weighted by Gasteiger charge is 2.19. The molecule has 88 valence electrons. The summed E-state index contributed by atoms with van der Waals surface area (Å²) in [7, 11) is 0. The van der Waals surface area contributed by atoms with E-state index in [1.54, 1.807) is 0 Å². The van der Waals surface area contributed by atoms with Crippen molar-refractivity contribution in [3.05, 3.63) is 17.3 Å². The van der Waals surface area contributed by atoms with E-state index >= 15 is 0 Å². The number of hydrogen-bond donors (Lipinski definition) is 0. The Morgan fingerprint density at radius 1 is 1.62 bits per heavy atom. The van der Waals surface area contributed by atoms with Gasteiger partial charge in [-0.15, -0.1) is 0 Å². The summed E-state index contributed by atoms with van der Waals surface area (Å²) in [5.74, 6) is -0.184. The lowest BCUT2D eigenvalue weighted by molar-refractivity contribution is 0.0820. The van der Waals surface area contributed by atoms with E-state index in [1.165, 1.54) is 0 Å². The van der Waals surface area contributed by atoms with Gasteiger partial charge in [0.25, 0.3) is 0 Å². The summed E-state index contributed by atoms with van der Waals surface area (Å²) in [5.41, 5.74) is 0. The van der Waals surface area contributed by atoms with Crippen molar-refractivity contribution in [1.29, 1.82) is 0 Å². The van der Waals surface area contributed by atoms with Gasteiger partial charge in [0.15, 0.2) is 11.6 Å². The first-order chi connectivity index (χ1) is 7.66. The summed E-state index contributed by atoms with van der Waals surface area (Å²) in [6.45, 7) is 3.98. The van der Waals surface area contributed by atoms with Crippen molar-refractivity contribution in [1.82, 2.24) is 9.97 Å². The fourth-order valence-electron chi connectivity index (χ4n) is 1.75. The van der Waals surface area contributed by atoms with Gasteiger partial charge in [-0.05, 0) is 24.9 Å². The normalized spacial score (nSPS) is 21.9. The second-order valence-electron chi connectivity index (χ2n) is 3.79. The molecule has 1 aromatic heterocycles. The third-order valence-electron chi connectivity index (χ3n) is 2.45. The maximum atomic E-state index is 13.5. The SMILES string of the molecule is CC1CN(c2nc(Cl)ncc2F)CCCO1. The van der Waals surface area contributed by atoms with E-state index in [9.17, 15) is 4.39 Å². The van der Waals surface area contributed by atoms with Gasteiger partial charge < -0.3 is 9.64 Å². The molecule has 0 bridgehead atoms. The van der Waals surface area contributed by atoms with Gasteiger partial charge in [0.2, 0.25) is 5.28 Å². The van der Waals surface area contributed by atoms with Crippen molar-refractivity contribution >= 4 is 17.4 Å². The molecule has 2 rings (SSSR count). The molecule has 6 heteroatoms. The van der Waals surface area contributed by atoms with E-state index in [0.29, 0.717) is 19.7 Å². The molecular weight excluding hydrogens is 233 g/mol. The Balaban J connectivity index is 2.24. The molecule has 2 heterocycles. The van der Waals surface area contributed by atoms with Crippen LogP contribution < -0.4 is 4.90 Å². The van der Waals surface area contributed by atoms with Gasteiger partial charge >= 0.3 is 0 Å². The van der Waals surface area contributed by atoms with E-state index in [1.807, 2.05) is 11.8 Å². The van der Waals surface area contributed by atoms with E-state index in [-0.39, 0.29) is 17.2 Å². The lowest BCUT2D eigenvalue weighted by Crippen LogP contribution is -2.31. The van der Waals surface area contributed by atoms with Gasteiger partial charge in [0.1, 0.15) is 0 Å². The Morgan fingerprint density at radius 3 is 3.25 bits per heavy atom.